The first-order chi connectivity index (χ1) is 15.0. The zero-order chi connectivity index (χ0) is 21.8. The van der Waals surface area contributed by atoms with Gasteiger partial charge in [-0.1, -0.05) is 36.8 Å². The Hall–Kier alpha value is -2.93. The molecule has 0 spiro atoms. The van der Waals surface area contributed by atoms with Gasteiger partial charge < -0.3 is 14.4 Å². The first-order valence-corrected chi connectivity index (χ1v) is 11.3. The van der Waals surface area contributed by atoms with Gasteiger partial charge in [-0.2, -0.15) is 9.36 Å². The first kappa shape index (κ1) is 21.3. The number of hydrogen-bond acceptors (Lipinski definition) is 6. The molecular formula is C24H27N3O3S. The van der Waals surface area contributed by atoms with E-state index in [1.807, 2.05) is 4.90 Å². The van der Waals surface area contributed by atoms with E-state index in [1.54, 1.807) is 25.3 Å². The SMILES string of the molecule is COc1ccc(C(=O)N2CCC(C)CC2)cc1Oc1nc(Cc2ccc(C)cc2)ns1. The molecule has 0 unspecified atom stereocenters. The fraction of sp³-hybridized carbons (Fsp3) is 0.375. The van der Waals surface area contributed by atoms with Gasteiger partial charge in [-0.05, 0) is 49.4 Å². The van der Waals surface area contributed by atoms with E-state index >= 15 is 0 Å². The second kappa shape index (κ2) is 9.47. The summed E-state index contributed by atoms with van der Waals surface area (Å²) in [5, 5.41) is 0.428. The molecule has 1 aliphatic heterocycles. The highest BCUT2D eigenvalue weighted by Crippen LogP contribution is 2.34. The standard InChI is InChI=1S/C24H27N3O3S/c1-16-4-6-18(7-5-16)14-22-25-24(31-26-22)30-21-15-19(8-9-20(21)29-3)23(28)27-12-10-17(2)11-13-27/h4-9,15,17H,10-14H2,1-3H3. The van der Waals surface area contributed by atoms with Gasteiger partial charge in [-0.15, -0.1) is 0 Å². The van der Waals surface area contributed by atoms with Gasteiger partial charge in [0.25, 0.3) is 11.1 Å². The second-order valence-corrected chi connectivity index (χ2v) is 8.80. The molecule has 0 N–H and O–H groups in total. The van der Waals surface area contributed by atoms with Crippen molar-refractivity contribution in [2.45, 2.75) is 33.1 Å². The number of hydrogen-bond donors (Lipinski definition) is 0. The van der Waals surface area contributed by atoms with Gasteiger partial charge in [0, 0.05) is 36.6 Å². The molecule has 1 fully saturated rings. The number of aryl methyl sites for hydroxylation is 1. The van der Waals surface area contributed by atoms with Crippen molar-refractivity contribution in [3.63, 3.8) is 0 Å². The quantitative estimate of drug-likeness (QED) is 0.536. The van der Waals surface area contributed by atoms with Gasteiger partial charge in [-0.3, -0.25) is 4.79 Å². The van der Waals surface area contributed by atoms with Crippen molar-refractivity contribution in [3.05, 3.63) is 65.0 Å². The van der Waals surface area contributed by atoms with Crippen molar-refractivity contribution in [2.75, 3.05) is 20.2 Å². The van der Waals surface area contributed by atoms with Crippen molar-refractivity contribution in [3.8, 4) is 16.7 Å². The van der Waals surface area contributed by atoms with Crippen LogP contribution in [-0.2, 0) is 6.42 Å². The van der Waals surface area contributed by atoms with E-state index < -0.39 is 0 Å². The zero-order valence-electron chi connectivity index (χ0n) is 18.1. The topological polar surface area (TPSA) is 64.5 Å². The lowest BCUT2D eigenvalue weighted by Crippen LogP contribution is -2.37. The highest BCUT2D eigenvalue weighted by Gasteiger charge is 2.23. The molecule has 4 rings (SSSR count). The van der Waals surface area contributed by atoms with Crippen molar-refractivity contribution < 1.29 is 14.3 Å². The molecule has 2 heterocycles. The third-order valence-corrected chi connectivity index (χ3v) is 6.24. The minimum absolute atomic E-state index is 0.0247. The number of rotatable bonds is 6. The molecule has 0 saturated carbocycles. The number of carbonyl (C=O) groups excluding carboxylic acids is 1. The van der Waals surface area contributed by atoms with Crippen LogP contribution in [0.2, 0.25) is 0 Å². The molecule has 1 aliphatic rings. The monoisotopic (exact) mass is 437 g/mol. The van der Waals surface area contributed by atoms with Crippen molar-refractivity contribution >= 4 is 17.4 Å². The number of likely N-dealkylation sites (tertiary alicyclic amines) is 1. The number of amides is 1. The van der Waals surface area contributed by atoms with E-state index in [0.29, 0.717) is 40.4 Å². The Kier molecular flexibility index (Phi) is 6.51. The average Bonchev–Trinajstić information content (AvgIpc) is 3.22. The summed E-state index contributed by atoms with van der Waals surface area (Å²) < 4.78 is 15.8. The second-order valence-electron chi connectivity index (χ2n) is 8.08. The molecular weight excluding hydrogens is 410 g/mol. The maximum atomic E-state index is 12.9. The van der Waals surface area contributed by atoms with E-state index in [-0.39, 0.29) is 5.91 Å². The van der Waals surface area contributed by atoms with Crippen LogP contribution in [0.4, 0.5) is 0 Å². The van der Waals surface area contributed by atoms with Crippen LogP contribution in [0.3, 0.4) is 0 Å². The van der Waals surface area contributed by atoms with E-state index in [9.17, 15) is 4.79 Å². The van der Waals surface area contributed by atoms with Crippen molar-refractivity contribution in [2.24, 2.45) is 5.92 Å². The molecule has 0 radical (unpaired) electrons. The maximum absolute atomic E-state index is 12.9. The maximum Gasteiger partial charge on any atom is 0.298 e. The highest BCUT2D eigenvalue weighted by molar-refractivity contribution is 7.07. The lowest BCUT2D eigenvalue weighted by Gasteiger charge is -2.30. The van der Waals surface area contributed by atoms with E-state index in [0.717, 1.165) is 31.5 Å². The number of carbonyl (C=O) groups is 1. The Bertz CT molecular complexity index is 1040. The largest absolute Gasteiger partial charge is 0.493 e. The summed E-state index contributed by atoms with van der Waals surface area (Å²) in [6.07, 6.45) is 2.72. The highest BCUT2D eigenvalue weighted by atomic mass is 32.1. The predicted molar refractivity (Wildman–Crippen MR) is 121 cm³/mol. The van der Waals surface area contributed by atoms with Crippen LogP contribution in [0.1, 0.15) is 47.1 Å². The van der Waals surface area contributed by atoms with Crippen LogP contribution in [0.15, 0.2) is 42.5 Å². The Morgan fingerprint density at radius 3 is 2.58 bits per heavy atom. The Balaban J connectivity index is 1.48. The Morgan fingerprint density at radius 2 is 1.87 bits per heavy atom. The number of nitrogens with zero attached hydrogens (tertiary/aromatic N) is 3. The molecule has 2 aromatic carbocycles. The normalized spacial score (nSPS) is 14.5. The molecule has 1 amide bonds. The predicted octanol–water partition coefficient (Wildman–Crippen LogP) is 5.11. The van der Waals surface area contributed by atoms with Crippen molar-refractivity contribution in [1.82, 2.24) is 14.3 Å². The van der Waals surface area contributed by atoms with Gasteiger partial charge in [0.05, 0.1) is 7.11 Å². The number of aromatic nitrogens is 2. The van der Waals surface area contributed by atoms with Gasteiger partial charge >= 0.3 is 0 Å². The van der Waals surface area contributed by atoms with E-state index in [4.69, 9.17) is 9.47 Å². The van der Waals surface area contributed by atoms with Gasteiger partial charge in [-0.25, -0.2) is 0 Å². The summed E-state index contributed by atoms with van der Waals surface area (Å²) in [5.74, 6) is 2.43. The summed E-state index contributed by atoms with van der Waals surface area (Å²) in [6, 6.07) is 13.6. The fourth-order valence-corrected chi connectivity index (χ4v) is 4.18. The fourth-order valence-electron chi connectivity index (χ4n) is 3.62. The molecule has 3 aromatic rings. The van der Waals surface area contributed by atoms with Crippen molar-refractivity contribution in [1.29, 1.82) is 0 Å². The van der Waals surface area contributed by atoms with Crippen LogP contribution in [0.5, 0.6) is 16.7 Å². The van der Waals surface area contributed by atoms with Gasteiger partial charge in [0.2, 0.25) is 0 Å². The molecule has 162 valence electrons. The molecule has 0 bridgehead atoms. The molecule has 7 heteroatoms. The van der Waals surface area contributed by atoms with Gasteiger partial charge in [0.1, 0.15) is 0 Å². The zero-order valence-corrected chi connectivity index (χ0v) is 18.9. The lowest BCUT2D eigenvalue weighted by molar-refractivity contribution is 0.0697. The summed E-state index contributed by atoms with van der Waals surface area (Å²) in [5.41, 5.74) is 2.96. The van der Waals surface area contributed by atoms with Crippen LogP contribution in [-0.4, -0.2) is 40.4 Å². The molecule has 6 nitrogen and oxygen atoms in total. The Morgan fingerprint density at radius 1 is 1.13 bits per heavy atom. The molecule has 0 aliphatic carbocycles. The van der Waals surface area contributed by atoms with Crippen LogP contribution in [0, 0.1) is 12.8 Å². The third kappa shape index (κ3) is 5.22. The summed E-state index contributed by atoms with van der Waals surface area (Å²) in [7, 11) is 1.58. The number of ether oxygens (including phenoxy) is 2. The van der Waals surface area contributed by atoms with Gasteiger partial charge in [0.15, 0.2) is 17.3 Å². The number of piperidine rings is 1. The molecule has 1 saturated heterocycles. The molecule has 1 aromatic heterocycles. The average molecular weight is 438 g/mol. The molecule has 0 atom stereocenters. The number of benzene rings is 2. The number of methoxy groups -OCH3 is 1. The van der Waals surface area contributed by atoms with E-state index in [1.165, 1.54) is 17.1 Å². The van der Waals surface area contributed by atoms with Crippen LogP contribution >= 0.6 is 11.5 Å². The first-order valence-electron chi connectivity index (χ1n) is 10.5. The summed E-state index contributed by atoms with van der Waals surface area (Å²) >= 11 is 1.19. The molecule has 31 heavy (non-hydrogen) atoms. The summed E-state index contributed by atoms with van der Waals surface area (Å²) in [6.45, 7) is 5.88. The minimum Gasteiger partial charge on any atom is -0.493 e. The minimum atomic E-state index is 0.0247. The lowest BCUT2D eigenvalue weighted by atomic mass is 9.98. The summed E-state index contributed by atoms with van der Waals surface area (Å²) in [4.78, 5) is 19.4. The van der Waals surface area contributed by atoms with Crippen LogP contribution in [0.25, 0.3) is 0 Å². The van der Waals surface area contributed by atoms with Crippen LogP contribution < -0.4 is 9.47 Å². The third-order valence-electron chi connectivity index (χ3n) is 5.61. The van der Waals surface area contributed by atoms with E-state index in [2.05, 4.69) is 47.5 Å². The smallest absolute Gasteiger partial charge is 0.298 e. The Labute approximate surface area is 187 Å².